The molecule has 0 radical (unpaired) electrons. The molecule has 81 heavy (non-hydrogen) atoms. The highest BCUT2D eigenvalue weighted by molar-refractivity contribution is 5.76. The van der Waals surface area contributed by atoms with Gasteiger partial charge in [0, 0.05) is 12.8 Å². The average molecular weight is 1140 g/mol. The van der Waals surface area contributed by atoms with Gasteiger partial charge < -0.3 is 20.3 Å². The van der Waals surface area contributed by atoms with Crippen molar-refractivity contribution in [2.45, 2.75) is 431 Å². The van der Waals surface area contributed by atoms with Gasteiger partial charge in [-0.2, -0.15) is 0 Å². The molecule has 0 aliphatic carbocycles. The number of rotatable bonds is 70. The number of allylic oxidation sites excluding steroid dienone is 4. The Morgan fingerprint density at radius 3 is 0.951 bits per heavy atom. The van der Waals surface area contributed by atoms with Crippen LogP contribution in [0.5, 0.6) is 0 Å². The molecule has 1 amide bonds. The van der Waals surface area contributed by atoms with Gasteiger partial charge in [-0.05, 0) is 57.8 Å². The van der Waals surface area contributed by atoms with Crippen LogP contribution in [-0.4, -0.2) is 47.4 Å². The minimum atomic E-state index is -0.659. The van der Waals surface area contributed by atoms with Crippen LogP contribution in [0.2, 0.25) is 0 Å². The SMILES string of the molecule is CCCCCC/C=C\C/C=C\CCCCCCCC(=O)OCCCCCCCCCCCCCCCCCCCCCCCCCCCCCCCCCCCCCC(=O)NC(CO)C(O)CCCCCCCCCCCCCCC. The van der Waals surface area contributed by atoms with Gasteiger partial charge in [0.2, 0.25) is 5.91 Å². The zero-order chi connectivity index (χ0) is 58.5. The van der Waals surface area contributed by atoms with Crippen molar-refractivity contribution in [2.75, 3.05) is 13.2 Å². The number of nitrogens with one attached hydrogen (secondary N) is 1. The fraction of sp³-hybridized carbons (Fsp3) is 0.920. The summed E-state index contributed by atoms with van der Waals surface area (Å²) >= 11 is 0. The quantitative estimate of drug-likeness (QED) is 0.0320. The molecule has 0 aliphatic rings. The molecule has 3 N–H and O–H groups in total. The number of ether oxygens (including phenoxy) is 1. The van der Waals surface area contributed by atoms with E-state index in [1.54, 1.807) is 0 Å². The van der Waals surface area contributed by atoms with Crippen LogP contribution in [0.4, 0.5) is 0 Å². The van der Waals surface area contributed by atoms with Gasteiger partial charge in [-0.15, -0.1) is 0 Å². The summed E-state index contributed by atoms with van der Waals surface area (Å²) in [5.41, 5.74) is 0. The molecule has 0 aromatic carbocycles. The molecule has 0 aromatic heterocycles. The van der Waals surface area contributed by atoms with Crippen molar-refractivity contribution in [1.29, 1.82) is 0 Å². The van der Waals surface area contributed by atoms with E-state index in [4.69, 9.17) is 4.74 Å². The molecule has 0 saturated carbocycles. The second-order valence-electron chi connectivity index (χ2n) is 25.6. The predicted octanol–water partition coefficient (Wildman–Crippen LogP) is 24.1. The van der Waals surface area contributed by atoms with Crippen molar-refractivity contribution in [3.63, 3.8) is 0 Å². The molecule has 2 unspecified atom stereocenters. The Balaban J connectivity index is 3.29. The van der Waals surface area contributed by atoms with Crippen molar-refractivity contribution >= 4 is 11.9 Å². The van der Waals surface area contributed by atoms with E-state index in [1.807, 2.05) is 0 Å². The zero-order valence-electron chi connectivity index (χ0n) is 55.0. The second kappa shape index (κ2) is 70.8. The topological polar surface area (TPSA) is 95.9 Å². The van der Waals surface area contributed by atoms with Gasteiger partial charge in [-0.3, -0.25) is 9.59 Å². The van der Waals surface area contributed by atoms with Crippen LogP contribution in [0.1, 0.15) is 418 Å². The minimum absolute atomic E-state index is 0.00971. The molecule has 6 heteroatoms. The molecule has 2 atom stereocenters. The van der Waals surface area contributed by atoms with Crippen LogP contribution < -0.4 is 5.32 Å². The molecule has 0 aliphatic heterocycles. The predicted molar refractivity (Wildman–Crippen MR) is 356 cm³/mol. The van der Waals surface area contributed by atoms with E-state index in [0.717, 1.165) is 51.4 Å². The first-order valence-corrected chi connectivity index (χ1v) is 37.1. The fourth-order valence-corrected chi connectivity index (χ4v) is 11.9. The van der Waals surface area contributed by atoms with Gasteiger partial charge in [-0.25, -0.2) is 0 Å². The van der Waals surface area contributed by atoms with Gasteiger partial charge in [0.15, 0.2) is 0 Å². The Labute approximate surface area is 507 Å². The largest absolute Gasteiger partial charge is 0.466 e. The maximum absolute atomic E-state index is 12.5. The summed E-state index contributed by atoms with van der Waals surface area (Å²) in [4.78, 5) is 24.6. The molecular weight excluding hydrogens is 995 g/mol. The van der Waals surface area contributed by atoms with Crippen molar-refractivity contribution in [1.82, 2.24) is 5.32 Å². The summed E-state index contributed by atoms with van der Waals surface area (Å²) in [6.07, 6.45) is 89.7. The lowest BCUT2D eigenvalue weighted by atomic mass is 10.0. The third kappa shape index (κ3) is 67.3. The highest BCUT2D eigenvalue weighted by atomic mass is 16.5. The van der Waals surface area contributed by atoms with Crippen molar-refractivity contribution in [3.05, 3.63) is 24.3 Å². The Morgan fingerprint density at radius 1 is 0.346 bits per heavy atom. The van der Waals surface area contributed by atoms with Gasteiger partial charge in [0.25, 0.3) is 0 Å². The number of esters is 1. The Hall–Kier alpha value is -1.66. The maximum Gasteiger partial charge on any atom is 0.305 e. The first kappa shape index (κ1) is 79.3. The molecule has 480 valence electrons. The van der Waals surface area contributed by atoms with Gasteiger partial charge >= 0.3 is 5.97 Å². The molecule has 0 bridgehead atoms. The Bertz CT molecular complexity index is 1270. The smallest absolute Gasteiger partial charge is 0.305 e. The van der Waals surface area contributed by atoms with Crippen molar-refractivity contribution in [2.24, 2.45) is 0 Å². The highest BCUT2D eigenvalue weighted by Crippen LogP contribution is 2.20. The molecule has 0 rings (SSSR count). The summed E-state index contributed by atoms with van der Waals surface area (Å²) in [6.45, 7) is 4.96. The summed E-state index contributed by atoms with van der Waals surface area (Å²) in [5, 5.41) is 23.3. The van der Waals surface area contributed by atoms with Crippen LogP contribution in [-0.2, 0) is 14.3 Å². The average Bonchev–Trinajstić information content (AvgIpc) is 3.47. The number of aliphatic hydroxyl groups is 2. The number of aliphatic hydroxyl groups excluding tert-OH is 2. The standard InChI is InChI=1S/C75H145NO5/c1-3-5-7-9-11-13-15-17-18-41-45-49-53-57-61-65-69-75(80)81-70-66-62-58-54-50-46-42-39-37-35-33-31-29-27-25-23-21-19-20-22-24-26-28-30-32-34-36-38-40-44-48-52-56-60-64-68-74(79)76-72(71-77)73(78)67-63-59-55-51-47-43-16-14-12-10-8-6-4-2/h13,15,18,41,72-73,77-78H,3-12,14,16-17,19-40,42-71H2,1-2H3,(H,76,79)/b15-13-,41-18-. The number of hydrogen-bond acceptors (Lipinski definition) is 5. The lowest BCUT2D eigenvalue weighted by Gasteiger charge is -2.22. The molecule has 0 saturated heterocycles. The third-order valence-electron chi connectivity index (χ3n) is 17.5. The van der Waals surface area contributed by atoms with Crippen LogP contribution in [0.15, 0.2) is 24.3 Å². The lowest BCUT2D eigenvalue weighted by molar-refractivity contribution is -0.143. The highest BCUT2D eigenvalue weighted by Gasteiger charge is 2.20. The number of amides is 1. The first-order chi connectivity index (χ1) is 40.0. The van der Waals surface area contributed by atoms with Crippen LogP contribution in [0.25, 0.3) is 0 Å². The monoisotopic (exact) mass is 1140 g/mol. The molecular formula is C75H145NO5. The van der Waals surface area contributed by atoms with E-state index in [9.17, 15) is 19.8 Å². The second-order valence-corrected chi connectivity index (χ2v) is 25.6. The lowest BCUT2D eigenvalue weighted by Crippen LogP contribution is -2.45. The Morgan fingerprint density at radius 2 is 0.617 bits per heavy atom. The number of unbranched alkanes of at least 4 members (excludes halogenated alkanes) is 55. The molecule has 6 nitrogen and oxygen atoms in total. The van der Waals surface area contributed by atoms with E-state index in [1.165, 1.54) is 334 Å². The summed E-state index contributed by atoms with van der Waals surface area (Å²) in [5.74, 6) is -0.0176. The summed E-state index contributed by atoms with van der Waals surface area (Å²) in [6, 6.07) is -0.536. The van der Waals surface area contributed by atoms with Gasteiger partial charge in [0.05, 0.1) is 25.4 Å². The minimum Gasteiger partial charge on any atom is -0.466 e. The van der Waals surface area contributed by atoms with Gasteiger partial charge in [-0.1, -0.05) is 372 Å². The summed E-state index contributed by atoms with van der Waals surface area (Å²) < 4.78 is 5.50. The van der Waals surface area contributed by atoms with Crippen LogP contribution in [0, 0.1) is 0 Å². The van der Waals surface area contributed by atoms with E-state index in [-0.39, 0.29) is 18.5 Å². The maximum atomic E-state index is 12.5. The van der Waals surface area contributed by atoms with Crippen LogP contribution >= 0.6 is 0 Å². The fourth-order valence-electron chi connectivity index (χ4n) is 11.9. The Kier molecular flexibility index (Phi) is 69.4. The van der Waals surface area contributed by atoms with Crippen LogP contribution in [0.3, 0.4) is 0 Å². The van der Waals surface area contributed by atoms with E-state index in [0.29, 0.717) is 25.9 Å². The van der Waals surface area contributed by atoms with E-state index in [2.05, 4.69) is 43.5 Å². The number of carbonyl (C=O) groups excluding carboxylic acids is 2. The van der Waals surface area contributed by atoms with Crippen molar-refractivity contribution < 1.29 is 24.5 Å². The van der Waals surface area contributed by atoms with E-state index < -0.39 is 12.1 Å². The normalized spacial score (nSPS) is 12.6. The molecule has 0 spiro atoms. The van der Waals surface area contributed by atoms with E-state index >= 15 is 0 Å². The number of carbonyl (C=O) groups is 2. The molecule has 0 heterocycles. The zero-order valence-corrected chi connectivity index (χ0v) is 55.0. The third-order valence-corrected chi connectivity index (χ3v) is 17.5. The van der Waals surface area contributed by atoms with Crippen molar-refractivity contribution in [3.8, 4) is 0 Å². The summed E-state index contributed by atoms with van der Waals surface area (Å²) in [7, 11) is 0. The molecule has 0 aromatic rings. The number of hydrogen-bond donors (Lipinski definition) is 3. The first-order valence-electron chi connectivity index (χ1n) is 37.1. The van der Waals surface area contributed by atoms with Gasteiger partial charge in [0.1, 0.15) is 0 Å². The molecule has 0 fully saturated rings.